The van der Waals surface area contributed by atoms with Gasteiger partial charge >= 0.3 is 6.09 Å². The molecule has 2 aromatic heterocycles. The molecule has 154 valence electrons. The Kier molecular flexibility index (Phi) is 5.90. The zero-order chi connectivity index (χ0) is 21.0. The van der Waals surface area contributed by atoms with Gasteiger partial charge in [-0.2, -0.15) is 4.39 Å². The molecule has 1 amide bonds. The van der Waals surface area contributed by atoms with Crippen molar-refractivity contribution in [3.05, 3.63) is 43.4 Å². The van der Waals surface area contributed by atoms with E-state index in [9.17, 15) is 9.18 Å². The summed E-state index contributed by atoms with van der Waals surface area (Å²) in [5.41, 5.74) is -0.596. The molecule has 1 fully saturated rings. The van der Waals surface area contributed by atoms with Crippen LogP contribution in [0.5, 0.6) is 0 Å². The van der Waals surface area contributed by atoms with E-state index < -0.39 is 17.6 Å². The predicted molar refractivity (Wildman–Crippen MR) is 107 cm³/mol. The van der Waals surface area contributed by atoms with E-state index in [0.29, 0.717) is 37.1 Å². The van der Waals surface area contributed by atoms with Crippen molar-refractivity contribution in [2.75, 3.05) is 34.8 Å². The lowest BCUT2D eigenvalue weighted by Gasteiger charge is -2.41. The molecule has 1 saturated heterocycles. The topological polar surface area (TPSA) is 96.4 Å². The van der Waals surface area contributed by atoms with Crippen LogP contribution in [0.15, 0.2) is 37.4 Å². The number of carbonyl (C=O) groups excluding carboxylic acids is 1. The van der Waals surface area contributed by atoms with Crippen LogP contribution in [0.1, 0.15) is 20.8 Å². The summed E-state index contributed by atoms with van der Waals surface area (Å²) < 4.78 is 18.6. The van der Waals surface area contributed by atoms with Gasteiger partial charge in [0.25, 0.3) is 0 Å². The van der Waals surface area contributed by atoms with Crippen molar-refractivity contribution >= 4 is 23.5 Å². The summed E-state index contributed by atoms with van der Waals surface area (Å²) in [6.07, 6.45) is 5.49. The minimum atomic E-state index is -0.596. The highest BCUT2D eigenvalue weighted by Gasteiger charge is 2.27. The van der Waals surface area contributed by atoms with Crippen molar-refractivity contribution in [1.29, 1.82) is 0 Å². The van der Waals surface area contributed by atoms with Crippen molar-refractivity contribution in [1.82, 2.24) is 19.9 Å². The van der Waals surface area contributed by atoms with Gasteiger partial charge in [-0.3, -0.25) is 5.32 Å². The summed E-state index contributed by atoms with van der Waals surface area (Å²) in [6, 6.07) is 1.24. The normalized spacial score (nSPS) is 17.0. The molecule has 0 aromatic carbocycles. The first-order chi connectivity index (χ1) is 13.7. The van der Waals surface area contributed by atoms with Crippen LogP contribution in [0.3, 0.4) is 0 Å². The third-order valence-electron chi connectivity index (χ3n) is 4.20. The average Bonchev–Trinajstić information content (AvgIpc) is 2.66. The summed E-state index contributed by atoms with van der Waals surface area (Å²) in [5.74, 6) is 0.921. The molecular weight excluding hydrogens is 377 g/mol. The van der Waals surface area contributed by atoms with Gasteiger partial charge in [0.1, 0.15) is 23.6 Å². The molecular formula is C19H24FN7O2. The highest BCUT2D eigenvalue weighted by Crippen LogP contribution is 2.22. The highest BCUT2D eigenvalue weighted by atomic mass is 19.1. The Balaban J connectivity index is 1.66. The van der Waals surface area contributed by atoms with E-state index in [-0.39, 0.29) is 6.04 Å². The van der Waals surface area contributed by atoms with Gasteiger partial charge in [-0.05, 0) is 20.8 Å². The molecule has 3 rings (SSSR count). The van der Waals surface area contributed by atoms with E-state index in [1.807, 2.05) is 9.80 Å². The average molecular weight is 401 g/mol. The Morgan fingerprint density at radius 1 is 1.24 bits per heavy atom. The molecule has 10 heteroatoms. The van der Waals surface area contributed by atoms with E-state index in [2.05, 4.69) is 31.8 Å². The summed E-state index contributed by atoms with van der Waals surface area (Å²) in [7, 11) is 0. The number of amides is 1. The van der Waals surface area contributed by atoms with Crippen LogP contribution in [-0.2, 0) is 4.74 Å². The second kappa shape index (κ2) is 8.38. The fourth-order valence-corrected chi connectivity index (χ4v) is 2.94. The van der Waals surface area contributed by atoms with E-state index >= 15 is 0 Å². The van der Waals surface area contributed by atoms with Crippen molar-refractivity contribution in [2.45, 2.75) is 32.4 Å². The molecule has 9 nitrogen and oxygen atoms in total. The molecule has 1 N–H and O–H groups in total. The third kappa shape index (κ3) is 5.37. The minimum absolute atomic E-state index is 0.0688. The van der Waals surface area contributed by atoms with Gasteiger partial charge in [0, 0.05) is 25.7 Å². The molecule has 1 atom stereocenters. The maximum atomic E-state index is 13.4. The lowest BCUT2D eigenvalue weighted by Crippen LogP contribution is -2.53. The monoisotopic (exact) mass is 401 g/mol. The third-order valence-corrected chi connectivity index (χ3v) is 4.20. The fraction of sp³-hybridized carbons (Fsp3) is 0.421. The number of aromatic nitrogens is 4. The summed E-state index contributed by atoms with van der Waals surface area (Å²) in [5, 5.41) is 2.56. The second-order valence-electron chi connectivity index (χ2n) is 7.53. The Morgan fingerprint density at radius 3 is 2.66 bits per heavy atom. The molecule has 2 aromatic rings. The Morgan fingerprint density at radius 2 is 2.03 bits per heavy atom. The number of carbonyl (C=O) groups is 1. The smallest absolute Gasteiger partial charge is 0.413 e. The molecule has 0 spiro atoms. The Bertz CT molecular complexity index is 870. The standard InChI is InChI=1S/C19H24FN7O2/c1-5-13-11-26(16-8-14(20)23-12-24-16)6-7-27(13)17-10-21-15(9-22-17)25-18(28)29-19(2,3)4/h5,8-10,12-13H,1,6-7,11H2,2-4H3,(H,21,25,28)/t13-/m0/s1. The molecule has 0 bridgehead atoms. The molecule has 0 radical (unpaired) electrons. The molecule has 29 heavy (non-hydrogen) atoms. The van der Waals surface area contributed by atoms with Crippen molar-refractivity contribution < 1.29 is 13.9 Å². The van der Waals surface area contributed by atoms with Gasteiger partial charge in [0.05, 0.1) is 18.4 Å². The number of hydrogen-bond acceptors (Lipinski definition) is 8. The lowest BCUT2D eigenvalue weighted by atomic mass is 10.1. The number of anilines is 3. The summed E-state index contributed by atoms with van der Waals surface area (Å²) in [6.45, 7) is 11.1. The molecule has 3 heterocycles. The largest absolute Gasteiger partial charge is 0.444 e. The van der Waals surface area contributed by atoms with Gasteiger partial charge < -0.3 is 14.5 Å². The van der Waals surface area contributed by atoms with Gasteiger partial charge in [-0.1, -0.05) is 6.08 Å². The summed E-state index contributed by atoms with van der Waals surface area (Å²) >= 11 is 0. The predicted octanol–water partition coefficient (Wildman–Crippen LogP) is 2.63. The Hall–Kier alpha value is -3.30. The Labute approximate surface area is 168 Å². The molecule has 1 aliphatic heterocycles. The highest BCUT2D eigenvalue weighted by molar-refractivity contribution is 5.83. The van der Waals surface area contributed by atoms with E-state index in [4.69, 9.17) is 4.74 Å². The zero-order valence-corrected chi connectivity index (χ0v) is 16.7. The van der Waals surface area contributed by atoms with Crippen LogP contribution < -0.4 is 15.1 Å². The van der Waals surface area contributed by atoms with E-state index in [0.717, 1.165) is 0 Å². The first kappa shape index (κ1) is 20.4. The number of nitrogens with one attached hydrogen (secondary N) is 1. The number of nitrogens with zero attached hydrogens (tertiary/aromatic N) is 6. The number of ether oxygens (including phenoxy) is 1. The van der Waals surface area contributed by atoms with Gasteiger partial charge in [-0.15, -0.1) is 6.58 Å². The lowest BCUT2D eigenvalue weighted by molar-refractivity contribution is 0.0635. The maximum Gasteiger partial charge on any atom is 0.413 e. The fourth-order valence-electron chi connectivity index (χ4n) is 2.94. The number of hydrogen-bond donors (Lipinski definition) is 1. The van der Waals surface area contributed by atoms with Crippen LogP contribution in [0.25, 0.3) is 0 Å². The van der Waals surface area contributed by atoms with Gasteiger partial charge in [0.2, 0.25) is 5.95 Å². The zero-order valence-electron chi connectivity index (χ0n) is 16.7. The van der Waals surface area contributed by atoms with Crippen LogP contribution in [-0.4, -0.2) is 57.3 Å². The van der Waals surface area contributed by atoms with Crippen molar-refractivity contribution in [3.63, 3.8) is 0 Å². The summed E-state index contributed by atoms with van der Waals surface area (Å²) in [4.78, 5) is 32.1. The van der Waals surface area contributed by atoms with Crippen LogP contribution in [0.4, 0.5) is 26.6 Å². The van der Waals surface area contributed by atoms with Gasteiger partial charge in [-0.25, -0.2) is 24.7 Å². The van der Waals surface area contributed by atoms with Crippen LogP contribution in [0.2, 0.25) is 0 Å². The SMILES string of the molecule is C=C[C@H]1CN(c2cc(F)ncn2)CCN1c1cnc(NC(=O)OC(C)(C)C)cn1. The van der Waals surface area contributed by atoms with Crippen molar-refractivity contribution in [3.8, 4) is 0 Å². The maximum absolute atomic E-state index is 13.4. The van der Waals surface area contributed by atoms with Crippen molar-refractivity contribution in [2.24, 2.45) is 0 Å². The van der Waals surface area contributed by atoms with Gasteiger partial charge in [0.15, 0.2) is 5.82 Å². The quantitative estimate of drug-likeness (QED) is 0.617. The number of halogens is 1. The molecule has 0 saturated carbocycles. The first-order valence-corrected chi connectivity index (χ1v) is 9.19. The van der Waals surface area contributed by atoms with E-state index in [1.165, 1.54) is 18.6 Å². The first-order valence-electron chi connectivity index (χ1n) is 9.19. The van der Waals surface area contributed by atoms with Crippen LogP contribution in [0, 0.1) is 5.95 Å². The van der Waals surface area contributed by atoms with Crippen LogP contribution >= 0.6 is 0 Å². The number of piperazine rings is 1. The minimum Gasteiger partial charge on any atom is -0.444 e. The van der Waals surface area contributed by atoms with E-state index in [1.54, 1.807) is 33.0 Å². The molecule has 0 unspecified atom stereocenters. The number of rotatable bonds is 4. The molecule has 0 aliphatic carbocycles. The molecule has 1 aliphatic rings. The second-order valence-corrected chi connectivity index (χ2v) is 7.53.